The lowest BCUT2D eigenvalue weighted by molar-refractivity contribution is -0.141. The monoisotopic (exact) mass is 295 g/mol. The smallest absolute Gasteiger partial charge is 0.301 e. The summed E-state index contributed by atoms with van der Waals surface area (Å²) in [7, 11) is 6.02. The fraction of sp³-hybridized carbons (Fsp3) is 0.917. The third-order valence-corrected chi connectivity index (χ3v) is 3.36. The van der Waals surface area contributed by atoms with Gasteiger partial charge in [-0.3, -0.25) is 4.79 Å². The van der Waals surface area contributed by atoms with Crippen LogP contribution in [0.1, 0.15) is 45.4 Å². The van der Waals surface area contributed by atoms with Crippen LogP contribution in [0.15, 0.2) is 0 Å². The minimum Gasteiger partial charge on any atom is -0.481 e. The second kappa shape index (κ2) is 9.93. The van der Waals surface area contributed by atoms with Crippen molar-refractivity contribution in [2.24, 2.45) is 0 Å². The van der Waals surface area contributed by atoms with Gasteiger partial charge in [-0.25, -0.2) is 0 Å². The van der Waals surface area contributed by atoms with Crippen LogP contribution in [0.5, 0.6) is 0 Å². The maximum atomic E-state index is 11.2. The number of aliphatic carboxylic acids is 1. The molecule has 0 spiro atoms. The number of piperidine rings is 1. The first-order valence-electron chi connectivity index (χ1n) is 6.33. The van der Waals surface area contributed by atoms with E-state index >= 15 is 0 Å². The summed E-state index contributed by atoms with van der Waals surface area (Å²) in [5.74, 6) is -0.855. The van der Waals surface area contributed by atoms with Crippen molar-refractivity contribution in [2.45, 2.75) is 50.8 Å². The highest BCUT2D eigenvalue weighted by atomic mass is 35.5. The van der Waals surface area contributed by atoms with E-state index in [1.807, 2.05) is 0 Å². The van der Waals surface area contributed by atoms with E-state index in [1.54, 1.807) is 0 Å². The Bertz CT molecular complexity index is 238. The molecule has 0 aromatic rings. The lowest BCUT2D eigenvalue weighted by atomic mass is 9.65. The lowest BCUT2D eigenvalue weighted by Gasteiger charge is -2.35. The summed E-state index contributed by atoms with van der Waals surface area (Å²) < 4.78 is 0. The highest BCUT2D eigenvalue weighted by Gasteiger charge is 2.33. The first-order chi connectivity index (χ1) is 7.58. The molecule has 0 saturated carbocycles. The van der Waals surface area contributed by atoms with Gasteiger partial charge in [-0.15, -0.1) is 24.8 Å². The van der Waals surface area contributed by atoms with Crippen molar-refractivity contribution in [3.63, 3.8) is 0 Å². The lowest BCUT2D eigenvalue weighted by Crippen LogP contribution is -2.41. The largest absolute Gasteiger partial charge is 0.481 e. The number of nitrogens with zero attached hydrogens (tertiary/aromatic N) is 1. The fourth-order valence-electron chi connectivity index (χ4n) is 2.26. The maximum Gasteiger partial charge on any atom is 0.301 e. The molecule has 1 aliphatic heterocycles. The van der Waals surface area contributed by atoms with Gasteiger partial charge in [-0.05, 0) is 32.4 Å². The van der Waals surface area contributed by atoms with Crippen molar-refractivity contribution in [1.29, 1.82) is 0 Å². The van der Waals surface area contributed by atoms with Gasteiger partial charge in [0.05, 0.1) is 7.85 Å². The molecule has 1 fully saturated rings. The Labute approximate surface area is 124 Å². The van der Waals surface area contributed by atoms with Crippen LogP contribution >= 0.6 is 24.8 Å². The third kappa shape index (κ3) is 6.30. The predicted molar refractivity (Wildman–Crippen MR) is 80.4 cm³/mol. The van der Waals surface area contributed by atoms with Crippen LogP contribution in [0.25, 0.3) is 0 Å². The molecule has 106 valence electrons. The van der Waals surface area contributed by atoms with Crippen LogP contribution < -0.4 is 0 Å². The Morgan fingerprint density at radius 1 is 1.28 bits per heavy atom. The molecule has 3 nitrogen and oxygen atoms in total. The minimum atomic E-state index is -1.05. The van der Waals surface area contributed by atoms with Crippen LogP contribution in [0.3, 0.4) is 0 Å². The van der Waals surface area contributed by atoms with E-state index in [0.29, 0.717) is 13.0 Å². The number of unbranched alkanes of at least 4 members (excludes halogenated alkanes) is 1. The van der Waals surface area contributed by atoms with Gasteiger partial charge in [0.1, 0.15) is 0 Å². The number of halogens is 2. The van der Waals surface area contributed by atoms with Crippen molar-refractivity contribution >= 4 is 38.6 Å². The SMILES string of the molecule is Cl.Cl.[B]C(CCCC)(CN1CCCCC1)C(=O)O. The fourth-order valence-corrected chi connectivity index (χ4v) is 2.26. The topological polar surface area (TPSA) is 40.5 Å². The standard InChI is InChI=1S/C12H22BNO2.2ClH/c1-2-3-7-12(13,11(15)16)10-14-8-5-4-6-9-14;;/h2-10H2,1H3,(H,15,16);2*1H. The van der Waals surface area contributed by atoms with E-state index in [0.717, 1.165) is 25.9 Å². The average molecular weight is 296 g/mol. The zero-order valence-electron chi connectivity index (χ0n) is 11.1. The third-order valence-electron chi connectivity index (χ3n) is 3.36. The van der Waals surface area contributed by atoms with Gasteiger partial charge in [0.2, 0.25) is 0 Å². The molecular weight excluding hydrogens is 272 g/mol. The van der Waals surface area contributed by atoms with Crippen molar-refractivity contribution in [2.75, 3.05) is 19.6 Å². The van der Waals surface area contributed by atoms with Crippen LogP contribution in [0.4, 0.5) is 0 Å². The highest BCUT2D eigenvalue weighted by molar-refractivity contribution is 6.26. The van der Waals surface area contributed by atoms with Crippen LogP contribution in [-0.4, -0.2) is 43.5 Å². The molecule has 1 heterocycles. The van der Waals surface area contributed by atoms with E-state index in [9.17, 15) is 9.90 Å². The summed E-state index contributed by atoms with van der Waals surface area (Å²) in [4.78, 5) is 13.5. The van der Waals surface area contributed by atoms with E-state index < -0.39 is 11.3 Å². The summed E-state index contributed by atoms with van der Waals surface area (Å²) in [6, 6.07) is 0. The highest BCUT2D eigenvalue weighted by Crippen LogP contribution is 2.31. The van der Waals surface area contributed by atoms with E-state index in [4.69, 9.17) is 7.85 Å². The second-order valence-corrected chi connectivity index (χ2v) is 4.90. The average Bonchev–Trinajstić information content (AvgIpc) is 2.27. The Morgan fingerprint density at radius 3 is 2.28 bits per heavy atom. The Balaban J connectivity index is 0. The summed E-state index contributed by atoms with van der Waals surface area (Å²) in [5, 5.41) is 8.19. The first-order valence-corrected chi connectivity index (χ1v) is 6.33. The first kappa shape index (κ1) is 20.4. The molecule has 1 aliphatic rings. The van der Waals surface area contributed by atoms with Gasteiger partial charge in [-0.1, -0.05) is 26.2 Å². The van der Waals surface area contributed by atoms with Crippen molar-refractivity contribution < 1.29 is 9.90 Å². The molecule has 2 radical (unpaired) electrons. The molecule has 1 N–H and O–H groups in total. The molecule has 1 saturated heterocycles. The Hall–Kier alpha value is 0.0749. The Morgan fingerprint density at radius 2 is 1.83 bits per heavy atom. The van der Waals surface area contributed by atoms with Gasteiger partial charge < -0.3 is 10.0 Å². The molecule has 0 bridgehead atoms. The predicted octanol–water partition coefficient (Wildman–Crippen LogP) is 2.92. The van der Waals surface area contributed by atoms with Gasteiger partial charge in [0.15, 0.2) is 0 Å². The van der Waals surface area contributed by atoms with Gasteiger partial charge in [0.25, 0.3) is 0 Å². The maximum absolute atomic E-state index is 11.2. The quantitative estimate of drug-likeness (QED) is 0.766. The molecule has 0 amide bonds. The summed E-state index contributed by atoms with van der Waals surface area (Å²) in [6.07, 6.45) is 6.06. The number of hydrogen-bond donors (Lipinski definition) is 1. The van der Waals surface area contributed by atoms with E-state index in [1.165, 1.54) is 19.3 Å². The zero-order chi connectivity index (χ0) is 12.0. The van der Waals surface area contributed by atoms with Crippen molar-refractivity contribution in [3.8, 4) is 0 Å². The number of carboxylic acids is 1. The van der Waals surface area contributed by atoms with Crippen molar-refractivity contribution in [1.82, 2.24) is 4.90 Å². The summed E-state index contributed by atoms with van der Waals surface area (Å²) in [5.41, 5.74) is 0. The van der Waals surface area contributed by atoms with Crippen LogP contribution in [-0.2, 0) is 4.79 Å². The minimum absolute atomic E-state index is 0. The molecule has 0 aliphatic carbocycles. The number of hydrogen-bond acceptors (Lipinski definition) is 2. The molecule has 0 aromatic heterocycles. The number of carboxylic acid groups (broad SMARTS) is 1. The molecule has 0 aromatic carbocycles. The molecule has 6 heteroatoms. The second-order valence-electron chi connectivity index (χ2n) is 4.90. The summed E-state index contributed by atoms with van der Waals surface area (Å²) >= 11 is 0. The molecule has 1 rings (SSSR count). The van der Waals surface area contributed by atoms with E-state index in [-0.39, 0.29) is 24.8 Å². The number of carbonyl (C=O) groups is 1. The van der Waals surface area contributed by atoms with Gasteiger partial charge in [-0.2, -0.15) is 0 Å². The molecular formula is C12H24BCl2NO2. The molecule has 1 atom stereocenters. The number of likely N-dealkylation sites (tertiary alicyclic amines) is 1. The van der Waals surface area contributed by atoms with Gasteiger partial charge >= 0.3 is 5.97 Å². The summed E-state index contributed by atoms with van der Waals surface area (Å²) in [6.45, 7) is 4.56. The van der Waals surface area contributed by atoms with E-state index in [2.05, 4.69) is 11.8 Å². The van der Waals surface area contributed by atoms with Crippen LogP contribution in [0, 0.1) is 0 Å². The molecule has 1 unspecified atom stereocenters. The number of rotatable bonds is 6. The van der Waals surface area contributed by atoms with Crippen LogP contribution in [0.2, 0.25) is 5.31 Å². The van der Waals surface area contributed by atoms with Gasteiger partial charge in [0, 0.05) is 11.9 Å². The zero-order valence-corrected chi connectivity index (χ0v) is 12.7. The Kier molecular flexibility index (Phi) is 11.3. The van der Waals surface area contributed by atoms with Crippen molar-refractivity contribution in [3.05, 3.63) is 0 Å². The normalized spacial score (nSPS) is 19.2. The molecule has 18 heavy (non-hydrogen) atoms.